The quantitative estimate of drug-likeness (QED) is 0.631. The summed E-state index contributed by atoms with van der Waals surface area (Å²) in [7, 11) is 0. The standard InChI is InChI=1S/C22H30O6/c1-12(2)14-4-6-19(3,7-5-14)20-9-13-8-15(11-20)16-21(10-13,26-17(23)25-16)22(20)27-18(24)28-22/h12-16H,4-11H2,1-3H3. The van der Waals surface area contributed by atoms with E-state index in [4.69, 9.17) is 18.9 Å². The van der Waals surface area contributed by atoms with E-state index in [-0.39, 0.29) is 22.9 Å². The Kier molecular flexibility index (Phi) is 3.10. The van der Waals surface area contributed by atoms with E-state index in [1.54, 1.807) is 0 Å². The van der Waals surface area contributed by atoms with Crippen molar-refractivity contribution in [1.82, 2.24) is 0 Å². The number of ether oxygens (including phenoxy) is 4. The number of hydrogen-bond donors (Lipinski definition) is 0. The third kappa shape index (κ3) is 1.70. The predicted octanol–water partition coefficient (Wildman–Crippen LogP) is 4.80. The van der Waals surface area contributed by atoms with Gasteiger partial charge in [0.2, 0.25) is 5.60 Å². The van der Waals surface area contributed by atoms with Gasteiger partial charge in [0.15, 0.2) is 6.10 Å². The molecule has 7 aliphatic rings. The molecule has 5 saturated carbocycles. The molecule has 6 nitrogen and oxygen atoms in total. The summed E-state index contributed by atoms with van der Waals surface area (Å²) in [6, 6.07) is 0. The van der Waals surface area contributed by atoms with Crippen LogP contribution in [0.4, 0.5) is 9.59 Å². The van der Waals surface area contributed by atoms with Crippen LogP contribution in [0.15, 0.2) is 0 Å². The maximum atomic E-state index is 12.2. The van der Waals surface area contributed by atoms with E-state index in [1.807, 2.05) is 0 Å². The lowest BCUT2D eigenvalue weighted by molar-refractivity contribution is -0.460. The fraction of sp³-hybridized carbons (Fsp3) is 0.909. The summed E-state index contributed by atoms with van der Waals surface area (Å²) in [5.41, 5.74) is -1.25. The van der Waals surface area contributed by atoms with Crippen LogP contribution in [-0.4, -0.2) is 29.8 Å². The summed E-state index contributed by atoms with van der Waals surface area (Å²) in [5, 5.41) is 0. The summed E-state index contributed by atoms with van der Waals surface area (Å²) in [5.74, 6) is 1.02. The summed E-state index contributed by atoms with van der Waals surface area (Å²) in [6.07, 6.45) is 6.61. The van der Waals surface area contributed by atoms with Crippen LogP contribution in [0.1, 0.15) is 72.1 Å². The minimum absolute atomic E-state index is 0.00337. The smallest absolute Gasteiger partial charge is 0.426 e. The summed E-state index contributed by atoms with van der Waals surface area (Å²) < 4.78 is 23.4. The number of carbonyl (C=O) groups excluding carboxylic acids is 2. The van der Waals surface area contributed by atoms with Crippen LogP contribution < -0.4 is 0 Å². The highest BCUT2D eigenvalue weighted by Gasteiger charge is 2.90. The van der Waals surface area contributed by atoms with Gasteiger partial charge < -0.3 is 18.9 Å². The summed E-state index contributed by atoms with van der Waals surface area (Å²) in [6.45, 7) is 7.00. The van der Waals surface area contributed by atoms with Gasteiger partial charge in [-0.2, -0.15) is 0 Å². The molecule has 0 aromatic rings. The number of rotatable bonds is 2. The van der Waals surface area contributed by atoms with Gasteiger partial charge in [-0.05, 0) is 68.1 Å². The zero-order valence-electron chi connectivity index (χ0n) is 17.0. The van der Waals surface area contributed by atoms with E-state index in [0.717, 1.165) is 38.0 Å². The lowest BCUT2D eigenvalue weighted by Gasteiger charge is -2.74. The zero-order valence-corrected chi connectivity index (χ0v) is 17.0. The average molecular weight is 390 g/mol. The fourth-order valence-corrected chi connectivity index (χ4v) is 8.48. The number of carbonyl (C=O) groups is 2. The Morgan fingerprint density at radius 3 is 2.32 bits per heavy atom. The third-order valence-electron chi connectivity index (χ3n) is 9.73. The van der Waals surface area contributed by atoms with E-state index >= 15 is 0 Å². The van der Waals surface area contributed by atoms with Crippen LogP contribution in [0.2, 0.25) is 0 Å². The molecule has 2 saturated heterocycles. The Balaban J connectivity index is 1.46. The molecule has 28 heavy (non-hydrogen) atoms. The predicted molar refractivity (Wildman–Crippen MR) is 97.2 cm³/mol. The Morgan fingerprint density at radius 2 is 1.68 bits per heavy atom. The molecule has 0 amide bonds. The van der Waals surface area contributed by atoms with E-state index < -0.39 is 23.7 Å². The van der Waals surface area contributed by atoms with Gasteiger partial charge >= 0.3 is 18.1 Å². The Hall–Kier alpha value is -1.46. The molecule has 4 bridgehead atoms. The van der Waals surface area contributed by atoms with Crippen LogP contribution >= 0.6 is 0 Å². The summed E-state index contributed by atoms with van der Waals surface area (Å²) >= 11 is 0. The van der Waals surface area contributed by atoms with Gasteiger partial charge in [-0.25, -0.2) is 9.59 Å². The molecule has 5 aliphatic carbocycles. The highest BCUT2D eigenvalue weighted by Crippen LogP contribution is 2.78. The first-order chi connectivity index (χ1) is 13.2. The fourth-order valence-electron chi connectivity index (χ4n) is 8.48. The highest BCUT2D eigenvalue weighted by molar-refractivity contribution is 5.70. The average Bonchev–Trinajstić information content (AvgIpc) is 2.95. The van der Waals surface area contributed by atoms with Crippen LogP contribution in [0, 0.1) is 34.5 Å². The molecule has 2 spiro atoms. The molecule has 0 N–H and O–H groups in total. The first-order valence-electron chi connectivity index (χ1n) is 11.1. The van der Waals surface area contributed by atoms with E-state index in [2.05, 4.69) is 20.8 Å². The van der Waals surface area contributed by atoms with Crippen molar-refractivity contribution in [2.45, 2.75) is 89.6 Å². The van der Waals surface area contributed by atoms with Crippen molar-refractivity contribution in [3.05, 3.63) is 0 Å². The molecule has 0 aromatic heterocycles. The minimum Gasteiger partial charge on any atom is -0.426 e. The van der Waals surface area contributed by atoms with Gasteiger partial charge in [0.1, 0.15) is 0 Å². The molecule has 2 heterocycles. The molecule has 7 fully saturated rings. The third-order valence-corrected chi connectivity index (χ3v) is 9.73. The Bertz CT molecular complexity index is 744. The first kappa shape index (κ1) is 17.4. The lowest BCUT2D eigenvalue weighted by Crippen LogP contribution is -2.86. The van der Waals surface area contributed by atoms with E-state index in [0.29, 0.717) is 18.3 Å². The van der Waals surface area contributed by atoms with Crippen LogP contribution in [0.5, 0.6) is 0 Å². The second-order valence-electron chi connectivity index (χ2n) is 11.0. The molecule has 0 radical (unpaired) electrons. The van der Waals surface area contributed by atoms with Crippen molar-refractivity contribution in [2.24, 2.45) is 34.5 Å². The second-order valence-corrected chi connectivity index (χ2v) is 11.0. The SMILES string of the molecule is CC(C)C1CCC(C)(C23CC4CC(C2)C2OC(=O)OC2(C4)C32OC(=O)O2)CC1. The van der Waals surface area contributed by atoms with Gasteiger partial charge in [0.25, 0.3) is 0 Å². The molecule has 154 valence electrons. The van der Waals surface area contributed by atoms with Gasteiger partial charge in [-0.1, -0.05) is 20.8 Å². The molecular formula is C22H30O6. The van der Waals surface area contributed by atoms with Gasteiger partial charge in [-0.3, -0.25) is 0 Å². The summed E-state index contributed by atoms with van der Waals surface area (Å²) in [4.78, 5) is 24.2. The van der Waals surface area contributed by atoms with E-state index in [9.17, 15) is 9.59 Å². The molecule has 2 aliphatic heterocycles. The molecule has 0 aromatic carbocycles. The largest absolute Gasteiger partial charge is 0.515 e. The molecular weight excluding hydrogens is 360 g/mol. The normalized spacial score (nSPS) is 52.6. The Labute approximate surface area is 165 Å². The zero-order chi connectivity index (χ0) is 19.5. The van der Waals surface area contributed by atoms with Crippen LogP contribution in [-0.2, 0) is 18.9 Å². The maximum absolute atomic E-state index is 12.2. The maximum Gasteiger partial charge on any atom is 0.515 e. The van der Waals surface area contributed by atoms with Crippen molar-refractivity contribution >= 4 is 12.3 Å². The van der Waals surface area contributed by atoms with Gasteiger partial charge in [0, 0.05) is 12.3 Å². The topological polar surface area (TPSA) is 71.1 Å². The molecule has 5 atom stereocenters. The van der Waals surface area contributed by atoms with Gasteiger partial charge in [-0.15, -0.1) is 0 Å². The van der Waals surface area contributed by atoms with Crippen LogP contribution in [0.25, 0.3) is 0 Å². The molecule has 6 heteroatoms. The Morgan fingerprint density at radius 1 is 0.964 bits per heavy atom. The minimum atomic E-state index is -1.17. The van der Waals surface area contributed by atoms with Crippen molar-refractivity contribution in [1.29, 1.82) is 0 Å². The second kappa shape index (κ2) is 4.99. The monoisotopic (exact) mass is 390 g/mol. The van der Waals surface area contributed by atoms with Crippen molar-refractivity contribution in [3.8, 4) is 0 Å². The van der Waals surface area contributed by atoms with Crippen molar-refractivity contribution in [2.75, 3.05) is 0 Å². The first-order valence-corrected chi connectivity index (χ1v) is 11.1. The highest BCUT2D eigenvalue weighted by atomic mass is 16.9. The van der Waals surface area contributed by atoms with Crippen molar-refractivity contribution in [3.63, 3.8) is 0 Å². The van der Waals surface area contributed by atoms with Crippen molar-refractivity contribution < 1.29 is 28.5 Å². The van der Waals surface area contributed by atoms with Gasteiger partial charge in [0.05, 0.1) is 5.41 Å². The van der Waals surface area contributed by atoms with Crippen LogP contribution in [0.3, 0.4) is 0 Å². The molecule has 5 unspecified atom stereocenters. The number of hydrogen-bond acceptors (Lipinski definition) is 6. The molecule has 7 rings (SSSR count). The lowest BCUT2D eigenvalue weighted by atomic mass is 9.36. The van der Waals surface area contributed by atoms with E-state index in [1.165, 1.54) is 12.8 Å².